The molecule has 0 aliphatic carbocycles. The van der Waals surface area contributed by atoms with Gasteiger partial charge >= 0.3 is 0 Å². The lowest BCUT2D eigenvalue weighted by Gasteiger charge is -2.40. The highest BCUT2D eigenvalue weighted by Gasteiger charge is 2.37. The zero-order valence-electron chi connectivity index (χ0n) is 11.1. The zero-order chi connectivity index (χ0) is 13.7. The molecule has 2 N–H and O–H groups in total. The van der Waals surface area contributed by atoms with Crippen molar-refractivity contribution in [1.29, 1.82) is 0 Å². The van der Waals surface area contributed by atoms with E-state index in [-0.39, 0.29) is 23.6 Å². The fraction of sp³-hybridized carbons (Fsp3) is 0.571. The lowest BCUT2D eigenvalue weighted by molar-refractivity contribution is -0.134. The molecule has 106 valence electrons. The van der Waals surface area contributed by atoms with Crippen molar-refractivity contribution in [2.24, 2.45) is 5.41 Å². The van der Waals surface area contributed by atoms with Crippen molar-refractivity contribution in [1.82, 2.24) is 5.32 Å². The van der Waals surface area contributed by atoms with Crippen LogP contribution in [0.2, 0.25) is 0 Å². The summed E-state index contributed by atoms with van der Waals surface area (Å²) in [5.41, 5.74) is 0.805. The SMILES string of the molecule is COc1ccc(CCNCC2(CO)COC2)cc1F. The van der Waals surface area contributed by atoms with Crippen molar-refractivity contribution in [3.63, 3.8) is 0 Å². The molecule has 0 amide bonds. The molecule has 0 radical (unpaired) electrons. The first kappa shape index (κ1) is 14.2. The number of hydrogen-bond acceptors (Lipinski definition) is 4. The number of nitrogens with one attached hydrogen (secondary N) is 1. The van der Waals surface area contributed by atoms with Crippen molar-refractivity contribution >= 4 is 0 Å². The van der Waals surface area contributed by atoms with E-state index in [9.17, 15) is 9.50 Å². The van der Waals surface area contributed by atoms with Crippen LogP contribution in [-0.2, 0) is 11.2 Å². The highest BCUT2D eigenvalue weighted by atomic mass is 19.1. The maximum atomic E-state index is 13.5. The van der Waals surface area contributed by atoms with Gasteiger partial charge in [-0.15, -0.1) is 0 Å². The molecule has 2 rings (SSSR count). The van der Waals surface area contributed by atoms with Gasteiger partial charge < -0.3 is 19.9 Å². The molecule has 0 spiro atoms. The fourth-order valence-electron chi connectivity index (χ4n) is 2.09. The first-order valence-electron chi connectivity index (χ1n) is 6.41. The van der Waals surface area contributed by atoms with E-state index in [0.717, 1.165) is 25.1 Å². The number of aliphatic hydroxyl groups excluding tert-OH is 1. The standard InChI is InChI=1S/C14H20FNO3/c1-18-13-3-2-11(6-12(13)15)4-5-16-7-14(8-17)9-19-10-14/h2-3,6,16-17H,4-5,7-10H2,1H3. The van der Waals surface area contributed by atoms with Crippen molar-refractivity contribution in [2.75, 3.05) is 40.0 Å². The summed E-state index contributed by atoms with van der Waals surface area (Å²) in [6, 6.07) is 4.99. The minimum atomic E-state index is -0.334. The third-order valence-corrected chi connectivity index (χ3v) is 3.46. The van der Waals surface area contributed by atoms with Crippen LogP contribution < -0.4 is 10.1 Å². The van der Waals surface area contributed by atoms with E-state index in [2.05, 4.69) is 5.32 Å². The molecule has 1 aromatic carbocycles. The average molecular weight is 269 g/mol. The fourth-order valence-corrected chi connectivity index (χ4v) is 2.09. The van der Waals surface area contributed by atoms with Gasteiger partial charge in [-0.3, -0.25) is 0 Å². The Morgan fingerprint density at radius 2 is 2.26 bits per heavy atom. The third-order valence-electron chi connectivity index (χ3n) is 3.46. The second-order valence-corrected chi connectivity index (χ2v) is 5.05. The molecule has 0 saturated carbocycles. The topological polar surface area (TPSA) is 50.7 Å². The molecule has 0 unspecified atom stereocenters. The maximum absolute atomic E-state index is 13.5. The number of aliphatic hydroxyl groups is 1. The molecule has 1 aliphatic heterocycles. The lowest BCUT2D eigenvalue weighted by atomic mass is 9.87. The van der Waals surface area contributed by atoms with Crippen molar-refractivity contribution in [3.8, 4) is 5.75 Å². The van der Waals surface area contributed by atoms with Crippen LogP contribution in [0, 0.1) is 11.2 Å². The first-order valence-corrected chi connectivity index (χ1v) is 6.41. The Labute approximate surface area is 112 Å². The van der Waals surface area contributed by atoms with Gasteiger partial charge in [0, 0.05) is 6.54 Å². The summed E-state index contributed by atoms with van der Waals surface area (Å²) < 4.78 is 23.5. The van der Waals surface area contributed by atoms with Gasteiger partial charge in [-0.2, -0.15) is 0 Å². The van der Waals surface area contributed by atoms with Crippen molar-refractivity contribution < 1.29 is 19.0 Å². The molecule has 0 bridgehead atoms. The molecule has 19 heavy (non-hydrogen) atoms. The van der Waals surface area contributed by atoms with Gasteiger partial charge in [0.15, 0.2) is 11.6 Å². The van der Waals surface area contributed by atoms with Crippen LogP contribution in [0.5, 0.6) is 5.75 Å². The van der Waals surface area contributed by atoms with E-state index in [4.69, 9.17) is 9.47 Å². The van der Waals surface area contributed by atoms with Crippen LogP contribution in [0.4, 0.5) is 4.39 Å². The van der Waals surface area contributed by atoms with E-state index in [0.29, 0.717) is 13.2 Å². The molecular formula is C14H20FNO3. The molecule has 0 atom stereocenters. The molecule has 4 nitrogen and oxygen atoms in total. The first-order chi connectivity index (χ1) is 9.19. The average Bonchev–Trinajstić information content (AvgIpc) is 2.37. The normalized spacial score (nSPS) is 17.0. The minimum absolute atomic E-state index is 0.120. The highest BCUT2D eigenvalue weighted by Crippen LogP contribution is 2.25. The largest absolute Gasteiger partial charge is 0.494 e. The van der Waals surface area contributed by atoms with Gasteiger partial charge in [0.25, 0.3) is 0 Å². The van der Waals surface area contributed by atoms with Crippen LogP contribution in [0.25, 0.3) is 0 Å². The number of ether oxygens (including phenoxy) is 2. The Morgan fingerprint density at radius 1 is 1.47 bits per heavy atom. The number of hydrogen-bond donors (Lipinski definition) is 2. The monoisotopic (exact) mass is 269 g/mol. The van der Waals surface area contributed by atoms with E-state index in [1.54, 1.807) is 6.07 Å². The number of benzene rings is 1. The summed E-state index contributed by atoms with van der Waals surface area (Å²) in [4.78, 5) is 0. The van der Waals surface area contributed by atoms with Gasteiger partial charge in [0.2, 0.25) is 0 Å². The van der Waals surface area contributed by atoms with E-state index < -0.39 is 0 Å². The van der Waals surface area contributed by atoms with Gasteiger partial charge in [-0.25, -0.2) is 4.39 Å². The molecule has 1 heterocycles. The summed E-state index contributed by atoms with van der Waals surface area (Å²) in [5, 5.41) is 12.5. The van der Waals surface area contributed by atoms with Crippen molar-refractivity contribution in [3.05, 3.63) is 29.6 Å². The van der Waals surface area contributed by atoms with E-state index in [1.807, 2.05) is 6.07 Å². The van der Waals surface area contributed by atoms with Crippen LogP contribution in [0.1, 0.15) is 5.56 Å². The van der Waals surface area contributed by atoms with Crippen molar-refractivity contribution in [2.45, 2.75) is 6.42 Å². The Kier molecular flexibility index (Phi) is 4.74. The quantitative estimate of drug-likeness (QED) is 0.724. The Bertz CT molecular complexity index is 416. The number of halogens is 1. The van der Waals surface area contributed by atoms with Crippen LogP contribution in [0.15, 0.2) is 18.2 Å². The minimum Gasteiger partial charge on any atom is -0.494 e. The molecule has 1 fully saturated rings. The van der Waals surface area contributed by atoms with Gasteiger partial charge in [-0.05, 0) is 30.7 Å². The predicted molar refractivity (Wildman–Crippen MR) is 69.9 cm³/mol. The molecule has 1 saturated heterocycles. The summed E-state index contributed by atoms with van der Waals surface area (Å²) >= 11 is 0. The van der Waals surface area contributed by atoms with Crippen LogP contribution >= 0.6 is 0 Å². The van der Waals surface area contributed by atoms with Gasteiger partial charge in [0.1, 0.15) is 0 Å². The number of methoxy groups -OCH3 is 1. The molecule has 1 aromatic rings. The second kappa shape index (κ2) is 6.32. The molecule has 5 heteroatoms. The second-order valence-electron chi connectivity index (χ2n) is 5.05. The highest BCUT2D eigenvalue weighted by molar-refractivity contribution is 5.29. The summed E-state index contributed by atoms with van der Waals surface area (Å²) in [6.45, 7) is 2.81. The summed E-state index contributed by atoms with van der Waals surface area (Å²) in [6.07, 6.45) is 0.739. The van der Waals surface area contributed by atoms with Crippen LogP contribution in [0.3, 0.4) is 0 Å². The summed E-state index contributed by atoms with van der Waals surface area (Å²) in [5.74, 6) is -0.0678. The third kappa shape index (κ3) is 3.43. The zero-order valence-corrected chi connectivity index (χ0v) is 11.1. The lowest BCUT2D eigenvalue weighted by Crippen LogP contribution is -2.52. The summed E-state index contributed by atoms with van der Waals surface area (Å²) in [7, 11) is 1.45. The Hall–Kier alpha value is -1.17. The smallest absolute Gasteiger partial charge is 0.165 e. The Morgan fingerprint density at radius 3 is 2.79 bits per heavy atom. The molecule has 0 aromatic heterocycles. The Balaban J connectivity index is 1.75. The van der Waals surface area contributed by atoms with E-state index in [1.165, 1.54) is 13.2 Å². The molecule has 1 aliphatic rings. The van der Waals surface area contributed by atoms with Gasteiger partial charge in [-0.1, -0.05) is 6.07 Å². The predicted octanol–water partition coefficient (Wildman–Crippen LogP) is 0.975. The molecular weight excluding hydrogens is 249 g/mol. The maximum Gasteiger partial charge on any atom is 0.165 e. The van der Waals surface area contributed by atoms with Crippen LogP contribution in [-0.4, -0.2) is 45.1 Å². The van der Waals surface area contributed by atoms with E-state index >= 15 is 0 Å². The van der Waals surface area contributed by atoms with Gasteiger partial charge in [0.05, 0.1) is 32.3 Å². The number of rotatable bonds is 7.